The Morgan fingerprint density at radius 3 is 1.01 bits per heavy atom. The van der Waals surface area contributed by atoms with E-state index in [4.69, 9.17) is 9.47 Å². The molecular weight excluding hydrogens is 1010 g/mol. The van der Waals surface area contributed by atoms with Crippen molar-refractivity contribution in [2.75, 3.05) is 4.90 Å². The molecule has 4 aliphatic rings. The first-order valence-electron chi connectivity index (χ1n) is 28.6. The van der Waals surface area contributed by atoms with Crippen LogP contribution < -0.4 is 14.4 Å². The van der Waals surface area contributed by atoms with Crippen LogP contribution in [0.5, 0.6) is 23.0 Å². The summed E-state index contributed by atoms with van der Waals surface area (Å²) in [5.41, 5.74) is 26.1. The van der Waals surface area contributed by atoms with Crippen molar-refractivity contribution < 1.29 is 9.47 Å². The van der Waals surface area contributed by atoms with Gasteiger partial charge in [-0.1, -0.05) is 237 Å². The number of para-hydroxylation sites is 5. The highest BCUT2D eigenvalue weighted by Crippen LogP contribution is 2.64. The van der Waals surface area contributed by atoms with E-state index in [2.05, 4.69) is 314 Å². The van der Waals surface area contributed by atoms with Gasteiger partial charge >= 0.3 is 0 Å². The number of hydrogen-bond donors (Lipinski definition) is 0. The average molecular weight is 1060 g/mol. The molecule has 0 aromatic heterocycles. The summed E-state index contributed by atoms with van der Waals surface area (Å²) >= 11 is 0. The standard InChI is InChI=1S/C80H51NO2/c1-2-19-52(20-3-1)55-21-18-22-56(49-55)53-37-43-59(44-38-53)81(60-45-39-54(40-46-60)57-41-47-68-64(50-57)62-24-4-7-26-66(62)79(68)70-28-9-14-33-75(70)82-76-34-15-10-29-71(76)79)74-32-13-6-23-61(74)58-42-48-69-65(51-58)63-25-5-8-27-67(63)80(69)72-30-11-16-35-77(72)83-78-36-17-12-31-73(78)80/h1-51H. The van der Waals surface area contributed by atoms with Gasteiger partial charge in [0.15, 0.2) is 0 Å². The lowest BCUT2D eigenvalue weighted by Crippen LogP contribution is -2.32. The zero-order valence-electron chi connectivity index (χ0n) is 45.2. The number of fused-ring (bicyclic) bond motifs is 18. The highest BCUT2D eigenvalue weighted by Gasteiger charge is 2.52. The third-order valence-electron chi connectivity index (χ3n) is 18.0. The average Bonchev–Trinajstić information content (AvgIpc) is 1.92. The Morgan fingerprint density at radius 2 is 0.530 bits per heavy atom. The van der Waals surface area contributed by atoms with E-state index in [-0.39, 0.29) is 0 Å². The number of nitrogens with zero attached hydrogens (tertiary/aromatic N) is 1. The molecule has 0 atom stereocenters. The maximum atomic E-state index is 6.67. The lowest BCUT2D eigenvalue weighted by atomic mass is 9.66. The lowest BCUT2D eigenvalue weighted by Gasteiger charge is -2.39. The molecule has 3 nitrogen and oxygen atoms in total. The van der Waals surface area contributed by atoms with Crippen LogP contribution >= 0.6 is 0 Å². The first-order valence-corrected chi connectivity index (χ1v) is 28.6. The molecule has 0 radical (unpaired) electrons. The van der Waals surface area contributed by atoms with Crippen LogP contribution in [-0.2, 0) is 10.8 Å². The van der Waals surface area contributed by atoms with E-state index in [9.17, 15) is 0 Å². The monoisotopic (exact) mass is 1060 g/mol. The van der Waals surface area contributed by atoms with Crippen molar-refractivity contribution in [2.24, 2.45) is 0 Å². The molecule has 2 aliphatic carbocycles. The molecule has 2 aliphatic heterocycles. The van der Waals surface area contributed by atoms with Crippen LogP contribution in [0.25, 0.3) is 66.8 Å². The van der Waals surface area contributed by atoms with Crippen LogP contribution in [0.15, 0.2) is 309 Å². The first kappa shape index (κ1) is 47.1. The van der Waals surface area contributed by atoms with Gasteiger partial charge in [0.05, 0.1) is 16.5 Å². The Hall–Kier alpha value is -10.7. The van der Waals surface area contributed by atoms with E-state index < -0.39 is 10.8 Å². The number of ether oxygens (including phenoxy) is 2. The van der Waals surface area contributed by atoms with E-state index in [1.54, 1.807) is 0 Å². The Morgan fingerprint density at radius 1 is 0.205 bits per heavy atom. The second-order valence-electron chi connectivity index (χ2n) is 22.2. The zero-order chi connectivity index (χ0) is 54.6. The quantitative estimate of drug-likeness (QED) is 0.159. The predicted molar refractivity (Wildman–Crippen MR) is 338 cm³/mol. The largest absolute Gasteiger partial charge is 0.457 e. The fourth-order valence-electron chi connectivity index (χ4n) is 14.5. The van der Waals surface area contributed by atoms with Gasteiger partial charge in [-0.2, -0.15) is 0 Å². The second-order valence-corrected chi connectivity index (χ2v) is 22.2. The molecule has 3 heteroatoms. The normalized spacial score (nSPS) is 13.7. The number of benzene rings is 13. The first-order chi connectivity index (χ1) is 41.1. The molecule has 17 rings (SSSR count). The fourth-order valence-corrected chi connectivity index (χ4v) is 14.5. The molecule has 0 amide bonds. The SMILES string of the molecule is c1ccc(-c2cccc(-c3ccc(N(c4ccc(-c5ccc6c(c5)-c5ccccc5C65c6ccccc6Oc6ccccc65)cc4)c4ccccc4-c4ccc5c(c4)-c4ccccc4C54c5ccccc5Oc5ccccc54)cc3)c2)cc1. The van der Waals surface area contributed by atoms with Crippen molar-refractivity contribution >= 4 is 17.1 Å². The second kappa shape index (κ2) is 18.4. The minimum absolute atomic E-state index is 0.515. The van der Waals surface area contributed by atoms with Crippen molar-refractivity contribution in [3.05, 3.63) is 354 Å². The Labute approximate surface area is 483 Å². The third-order valence-corrected chi connectivity index (χ3v) is 18.0. The number of rotatable bonds is 7. The molecule has 0 unspecified atom stereocenters. The van der Waals surface area contributed by atoms with E-state index in [1.165, 1.54) is 72.3 Å². The van der Waals surface area contributed by atoms with Crippen molar-refractivity contribution in [2.45, 2.75) is 10.8 Å². The summed E-state index contributed by atoms with van der Waals surface area (Å²) < 4.78 is 13.3. The predicted octanol–water partition coefficient (Wildman–Crippen LogP) is 20.8. The van der Waals surface area contributed by atoms with Crippen LogP contribution in [0.2, 0.25) is 0 Å². The molecule has 388 valence electrons. The fraction of sp³-hybridized carbons (Fsp3) is 0.0250. The third kappa shape index (κ3) is 6.92. The van der Waals surface area contributed by atoms with Gasteiger partial charge < -0.3 is 14.4 Å². The Kier molecular flexibility index (Phi) is 10.4. The summed E-state index contributed by atoms with van der Waals surface area (Å²) in [7, 11) is 0. The van der Waals surface area contributed by atoms with Crippen LogP contribution in [0.3, 0.4) is 0 Å². The smallest absolute Gasteiger partial charge is 0.132 e. The molecule has 83 heavy (non-hydrogen) atoms. The molecule has 2 spiro atoms. The van der Waals surface area contributed by atoms with Crippen molar-refractivity contribution in [3.8, 4) is 89.8 Å². The molecule has 13 aromatic carbocycles. The maximum Gasteiger partial charge on any atom is 0.132 e. The van der Waals surface area contributed by atoms with Gasteiger partial charge in [-0.05, 0) is 156 Å². The van der Waals surface area contributed by atoms with Gasteiger partial charge in [0, 0.05) is 39.2 Å². The van der Waals surface area contributed by atoms with Gasteiger partial charge in [0.2, 0.25) is 0 Å². The molecule has 0 bridgehead atoms. The molecule has 0 saturated carbocycles. The zero-order valence-corrected chi connectivity index (χ0v) is 45.2. The number of anilines is 3. The molecule has 0 fully saturated rings. The van der Waals surface area contributed by atoms with Crippen molar-refractivity contribution in [3.63, 3.8) is 0 Å². The van der Waals surface area contributed by atoms with Gasteiger partial charge in [-0.3, -0.25) is 0 Å². The van der Waals surface area contributed by atoms with E-state index in [0.717, 1.165) is 79.0 Å². The van der Waals surface area contributed by atoms with E-state index >= 15 is 0 Å². The van der Waals surface area contributed by atoms with Crippen LogP contribution in [0.4, 0.5) is 17.1 Å². The topological polar surface area (TPSA) is 21.7 Å². The van der Waals surface area contributed by atoms with Gasteiger partial charge in [0.25, 0.3) is 0 Å². The van der Waals surface area contributed by atoms with Gasteiger partial charge in [0.1, 0.15) is 23.0 Å². The molecular formula is C80H51NO2. The molecule has 0 N–H and O–H groups in total. The minimum Gasteiger partial charge on any atom is -0.457 e. The van der Waals surface area contributed by atoms with Gasteiger partial charge in [-0.25, -0.2) is 0 Å². The van der Waals surface area contributed by atoms with Crippen molar-refractivity contribution in [1.82, 2.24) is 0 Å². The van der Waals surface area contributed by atoms with Crippen molar-refractivity contribution in [1.29, 1.82) is 0 Å². The summed E-state index contributed by atoms with van der Waals surface area (Å²) in [5.74, 6) is 3.58. The van der Waals surface area contributed by atoms with Crippen LogP contribution in [0, 0.1) is 0 Å². The molecule has 13 aromatic rings. The van der Waals surface area contributed by atoms with E-state index in [1.807, 2.05) is 0 Å². The summed E-state index contributed by atoms with van der Waals surface area (Å²) in [6, 6.07) is 113. The minimum atomic E-state index is -0.545. The lowest BCUT2D eigenvalue weighted by molar-refractivity contribution is 0.436. The number of hydrogen-bond acceptors (Lipinski definition) is 3. The van der Waals surface area contributed by atoms with Crippen LogP contribution in [-0.4, -0.2) is 0 Å². The summed E-state index contributed by atoms with van der Waals surface area (Å²) in [5, 5.41) is 0. The summed E-state index contributed by atoms with van der Waals surface area (Å²) in [6.07, 6.45) is 0. The molecule has 2 heterocycles. The Bertz CT molecular complexity index is 4660. The maximum absolute atomic E-state index is 6.67. The highest BCUT2D eigenvalue weighted by atomic mass is 16.5. The van der Waals surface area contributed by atoms with Crippen LogP contribution in [0.1, 0.15) is 44.5 Å². The van der Waals surface area contributed by atoms with E-state index in [0.29, 0.717) is 0 Å². The Balaban J connectivity index is 0.801. The highest BCUT2D eigenvalue weighted by molar-refractivity contribution is 5.96. The van der Waals surface area contributed by atoms with Gasteiger partial charge in [-0.15, -0.1) is 0 Å². The summed E-state index contributed by atoms with van der Waals surface area (Å²) in [6.45, 7) is 0. The summed E-state index contributed by atoms with van der Waals surface area (Å²) in [4.78, 5) is 2.43. The molecule has 0 saturated heterocycles.